The van der Waals surface area contributed by atoms with Gasteiger partial charge in [-0.15, -0.1) is 0 Å². The summed E-state index contributed by atoms with van der Waals surface area (Å²) in [5, 5.41) is 5.75. The van der Waals surface area contributed by atoms with Crippen LogP contribution in [-0.4, -0.2) is 4.21 Å². The van der Waals surface area contributed by atoms with Crippen LogP contribution in [0.5, 0.6) is 0 Å². The van der Waals surface area contributed by atoms with Crippen LogP contribution in [-0.2, 0) is 10.8 Å². The SMILES string of the molecule is O=S(/C=C\c1ccsc1)c1ccccc1. The average molecular weight is 234 g/mol. The molecule has 0 saturated carbocycles. The zero-order valence-electron chi connectivity index (χ0n) is 8.00. The van der Waals surface area contributed by atoms with Gasteiger partial charge in [0, 0.05) is 10.3 Å². The molecule has 0 spiro atoms. The zero-order valence-corrected chi connectivity index (χ0v) is 9.63. The maximum atomic E-state index is 11.8. The molecule has 1 aromatic carbocycles. The van der Waals surface area contributed by atoms with Crippen LogP contribution in [0.2, 0.25) is 0 Å². The van der Waals surface area contributed by atoms with Gasteiger partial charge in [-0.1, -0.05) is 18.2 Å². The van der Waals surface area contributed by atoms with Crippen molar-refractivity contribution in [3.8, 4) is 0 Å². The minimum Gasteiger partial charge on any atom is -0.250 e. The van der Waals surface area contributed by atoms with Crippen LogP contribution in [0.1, 0.15) is 5.56 Å². The number of hydrogen-bond acceptors (Lipinski definition) is 2. The van der Waals surface area contributed by atoms with E-state index in [1.807, 2.05) is 53.2 Å². The second kappa shape index (κ2) is 5.05. The molecule has 1 aromatic heterocycles. The van der Waals surface area contributed by atoms with Gasteiger partial charge in [-0.2, -0.15) is 11.3 Å². The molecule has 0 aliphatic carbocycles. The van der Waals surface area contributed by atoms with Crippen LogP contribution in [0.15, 0.2) is 57.5 Å². The Bertz CT molecular complexity index is 458. The van der Waals surface area contributed by atoms with E-state index in [0.717, 1.165) is 10.5 Å². The van der Waals surface area contributed by atoms with Gasteiger partial charge in [0.05, 0.1) is 10.8 Å². The smallest absolute Gasteiger partial charge is 0.0776 e. The van der Waals surface area contributed by atoms with Gasteiger partial charge in [0.2, 0.25) is 0 Å². The molecular weight excluding hydrogens is 224 g/mol. The van der Waals surface area contributed by atoms with E-state index in [1.165, 1.54) is 0 Å². The Morgan fingerprint density at radius 1 is 1.13 bits per heavy atom. The Hall–Kier alpha value is -1.19. The molecule has 1 unspecified atom stereocenters. The van der Waals surface area contributed by atoms with Gasteiger partial charge in [-0.3, -0.25) is 0 Å². The molecule has 1 heterocycles. The monoisotopic (exact) mass is 234 g/mol. The van der Waals surface area contributed by atoms with Crippen LogP contribution in [0, 0.1) is 0 Å². The third-order valence-electron chi connectivity index (χ3n) is 1.90. The molecule has 0 bridgehead atoms. The summed E-state index contributed by atoms with van der Waals surface area (Å²) < 4.78 is 11.8. The minimum absolute atomic E-state index is 0.837. The lowest BCUT2D eigenvalue weighted by atomic mass is 10.3. The predicted octanol–water partition coefficient (Wildman–Crippen LogP) is 3.53. The maximum absolute atomic E-state index is 11.8. The summed E-state index contributed by atoms with van der Waals surface area (Å²) in [5.74, 6) is 0. The summed E-state index contributed by atoms with van der Waals surface area (Å²) in [6, 6.07) is 11.5. The third kappa shape index (κ3) is 2.88. The second-order valence-electron chi connectivity index (χ2n) is 2.97. The number of hydrogen-bond donors (Lipinski definition) is 0. The van der Waals surface area contributed by atoms with Gasteiger partial charge in [-0.25, -0.2) is 4.21 Å². The van der Waals surface area contributed by atoms with Crippen molar-refractivity contribution in [3.05, 3.63) is 58.1 Å². The molecule has 0 saturated heterocycles. The molecule has 0 N–H and O–H groups in total. The lowest BCUT2D eigenvalue weighted by Crippen LogP contribution is -1.84. The van der Waals surface area contributed by atoms with Gasteiger partial charge >= 0.3 is 0 Å². The fourth-order valence-corrected chi connectivity index (χ4v) is 2.64. The summed E-state index contributed by atoms with van der Waals surface area (Å²) in [4.78, 5) is 0.837. The van der Waals surface area contributed by atoms with Crippen molar-refractivity contribution in [3.63, 3.8) is 0 Å². The molecular formula is C12H10OS2. The zero-order chi connectivity index (χ0) is 10.5. The molecule has 15 heavy (non-hydrogen) atoms. The summed E-state index contributed by atoms with van der Waals surface area (Å²) in [6.45, 7) is 0. The molecule has 2 rings (SSSR count). The van der Waals surface area contributed by atoms with E-state index in [0.29, 0.717) is 0 Å². The number of benzene rings is 1. The van der Waals surface area contributed by atoms with Crippen molar-refractivity contribution in [2.75, 3.05) is 0 Å². The summed E-state index contributed by atoms with van der Waals surface area (Å²) in [6.07, 6.45) is 1.89. The Morgan fingerprint density at radius 2 is 1.93 bits per heavy atom. The van der Waals surface area contributed by atoms with E-state index in [9.17, 15) is 4.21 Å². The van der Waals surface area contributed by atoms with Crippen molar-refractivity contribution in [2.45, 2.75) is 4.90 Å². The molecule has 0 radical (unpaired) electrons. The third-order valence-corrected chi connectivity index (χ3v) is 3.72. The Balaban J connectivity index is 2.11. The van der Waals surface area contributed by atoms with Crippen LogP contribution >= 0.6 is 11.3 Å². The Labute approximate surface area is 95.5 Å². The maximum Gasteiger partial charge on any atom is 0.0776 e. The first kappa shape index (κ1) is 10.3. The van der Waals surface area contributed by atoms with Crippen molar-refractivity contribution < 1.29 is 4.21 Å². The highest BCUT2D eigenvalue weighted by Gasteiger charge is 1.96. The van der Waals surface area contributed by atoms with Gasteiger partial charge < -0.3 is 0 Å². The quantitative estimate of drug-likeness (QED) is 0.794. The molecule has 1 nitrogen and oxygen atoms in total. The first-order valence-electron chi connectivity index (χ1n) is 4.52. The highest BCUT2D eigenvalue weighted by atomic mass is 32.2. The fourth-order valence-electron chi connectivity index (χ4n) is 1.14. The Kier molecular flexibility index (Phi) is 3.48. The van der Waals surface area contributed by atoms with E-state index in [1.54, 1.807) is 16.7 Å². The Morgan fingerprint density at radius 3 is 2.60 bits per heavy atom. The predicted molar refractivity (Wildman–Crippen MR) is 66.2 cm³/mol. The van der Waals surface area contributed by atoms with Crippen molar-refractivity contribution in [2.24, 2.45) is 0 Å². The summed E-state index contributed by atoms with van der Waals surface area (Å²) >= 11 is 1.64. The van der Waals surface area contributed by atoms with E-state index >= 15 is 0 Å². The van der Waals surface area contributed by atoms with Crippen molar-refractivity contribution >= 4 is 28.2 Å². The largest absolute Gasteiger partial charge is 0.250 e. The van der Waals surface area contributed by atoms with Crippen LogP contribution in [0.25, 0.3) is 6.08 Å². The highest BCUT2D eigenvalue weighted by molar-refractivity contribution is 7.88. The minimum atomic E-state index is -1.04. The summed E-state index contributed by atoms with van der Waals surface area (Å²) in [5.41, 5.74) is 1.10. The normalized spacial score (nSPS) is 13.1. The molecule has 0 amide bonds. The van der Waals surface area contributed by atoms with Gasteiger partial charge in [-0.05, 0) is 40.6 Å². The first-order chi connectivity index (χ1) is 7.36. The van der Waals surface area contributed by atoms with Crippen molar-refractivity contribution in [1.29, 1.82) is 0 Å². The van der Waals surface area contributed by atoms with E-state index in [-0.39, 0.29) is 0 Å². The van der Waals surface area contributed by atoms with Gasteiger partial charge in [0.1, 0.15) is 0 Å². The van der Waals surface area contributed by atoms with Gasteiger partial charge in [0.25, 0.3) is 0 Å². The average Bonchev–Trinajstić information content (AvgIpc) is 2.80. The highest BCUT2D eigenvalue weighted by Crippen LogP contribution is 2.11. The van der Waals surface area contributed by atoms with Crippen LogP contribution < -0.4 is 0 Å². The number of thiophene rings is 1. The topological polar surface area (TPSA) is 17.1 Å². The lowest BCUT2D eigenvalue weighted by molar-refractivity contribution is 0.688. The van der Waals surface area contributed by atoms with E-state index < -0.39 is 10.8 Å². The first-order valence-corrected chi connectivity index (χ1v) is 6.68. The van der Waals surface area contributed by atoms with Crippen LogP contribution in [0.3, 0.4) is 0 Å². The molecule has 0 fully saturated rings. The van der Waals surface area contributed by atoms with E-state index in [4.69, 9.17) is 0 Å². The lowest BCUT2D eigenvalue weighted by Gasteiger charge is -1.94. The van der Waals surface area contributed by atoms with Crippen LogP contribution in [0.4, 0.5) is 0 Å². The molecule has 3 heteroatoms. The molecule has 1 atom stereocenters. The molecule has 2 aromatic rings. The van der Waals surface area contributed by atoms with Crippen molar-refractivity contribution in [1.82, 2.24) is 0 Å². The van der Waals surface area contributed by atoms with Gasteiger partial charge in [0.15, 0.2) is 0 Å². The fraction of sp³-hybridized carbons (Fsp3) is 0. The molecule has 0 aliphatic rings. The second-order valence-corrected chi connectivity index (χ2v) is 5.09. The standard InChI is InChI=1S/C12H10OS2/c13-15(12-4-2-1-3-5-12)9-7-11-6-8-14-10-11/h1-10H/b9-7-. The molecule has 76 valence electrons. The number of rotatable bonds is 3. The summed E-state index contributed by atoms with van der Waals surface area (Å²) in [7, 11) is -1.04. The van der Waals surface area contributed by atoms with E-state index in [2.05, 4.69) is 0 Å². The molecule has 0 aliphatic heterocycles.